The summed E-state index contributed by atoms with van der Waals surface area (Å²) in [6, 6.07) is 0.00463. The Hall–Kier alpha value is 0.200. The topological polar surface area (TPSA) is 46.2 Å². The van der Waals surface area contributed by atoms with E-state index < -0.39 is 10.0 Å². The number of halogens is 1. The van der Waals surface area contributed by atoms with Crippen molar-refractivity contribution in [2.75, 3.05) is 6.26 Å². The van der Waals surface area contributed by atoms with Crippen LogP contribution in [-0.2, 0) is 10.0 Å². The van der Waals surface area contributed by atoms with Gasteiger partial charge in [-0.25, -0.2) is 13.1 Å². The molecule has 1 N–H and O–H groups in total. The molecule has 5 heteroatoms. The molecule has 0 amide bonds. The summed E-state index contributed by atoms with van der Waals surface area (Å²) in [5, 5.41) is 0. The largest absolute Gasteiger partial charge is 0.213 e. The molecule has 0 radical (unpaired) electrons. The summed E-state index contributed by atoms with van der Waals surface area (Å²) in [6.07, 6.45) is 1.15. The Morgan fingerprint density at radius 2 is 1.67 bits per heavy atom. The number of sulfonamides is 1. The van der Waals surface area contributed by atoms with Crippen molar-refractivity contribution >= 4 is 22.4 Å². The molecule has 0 aromatic carbocycles. The van der Waals surface area contributed by atoms with Crippen LogP contribution in [0.3, 0.4) is 0 Å². The average molecular weight is 174 g/mol. The molecule has 0 aromatic heterocycles. The van der Waals surface area contributed by atoms with E-state index in [0.29, 0.717) is 0 Å². The van der Waals surface area contributed by atoms with Crippen molar-refractivity contribution in [1.29, 1.82) is 0 Å². The lowest BCUT2D eigenvalue weighted by molar-refractivity contribution is 0.576. The van der Waals surface area contributed by atoms with Crippen molar-refractivity contribution < 1.29 is 8.42 Å². The fourth-order valence-corrected chi connectivity index (χ4v) is 1.28. The molecule has 0 saturated carbocycles. The quantitative estimate of drug-likeness (QED) is 0.656. The summed E-state index contributed by atoms with van der Waals surface area (Å²) in [5.41, 5.74) is 0. The Kier molecular flexibility index (Phi) is 5.42. The molecule has 0 aliphatic carbocycles. The zero-order valence-electron chi connectivity index (χ0n) is 5.71. The second kappa shape index (κ2) is 4.09. The van der Waals surface area contributed by atoms with Crippen LogP contribution in [0.1, 0.15) is 13.8 Å². The van der Waals surface area contributed by atoms with E-state index in [1.54, 1.807) is 13.8 Å². The second-order valence-corrected chi connectivity index (χ2v) is 3.82. The second-order valence-electron chi connectivity index (χ2n) is 2.04. The summed E-state index contributed by atoms with van der Waals surface area (Å²) in [7, 11) is -2.97. The van der Waals surface area contributed by atoms with Crippen molar-refractivity contribution in [1.82, 2.24) is 4.72 Å². The van der Waals surface area contributed by atoms with Gasteiger partial charge in [0.1, 0.15) is 0 Å². The Labute approximate surface area is 62.3 Å². The minimum absolute atomic E-state index is 0. The van der Waals surface area contributed by atoms with Crippen LogP contribution in [0, 0.1) is 0 Å². The molecule has 0 bridgehead atoms. The maximum Gasteiger partial charge on any atom is 0.208 e. The summed E-state index contributed by atoms with van der Waals surface area (Å²) < 4.78 is 23.0. The van der Waals surface area contributed by atoms with E-state index in [9.17, 15) is 8.42 Å². The zero-order chi connectivity index (χ0) is 6.78. The summed E-state index contributed by atoms with van der Waals surface area (Å²) >= 11 is 0. The molecule has 0 fully saturated rings. The molecule has 0 rings (SSSR count). The Balaban J connectivity index is 0. The van der Waals surface area contributed by atoms with Crippen LogP contribution in [0.15, 0.2) is 0 Å². The van der Waals surface area contributed by atoms with Gasteiger partial charge in [0.25, 0.3) is 0 Å². The molecule has 0 atom stereocenters. The third-order valence-electron chi connectivity index (χ3n) is 0.450. The molecule has 9 heavy (non-hydrogen) atoms. The highest BCUT2D eigenvalue weighted by molar-refractivity contribution is 7.88. The normalized spacial score (nSPS) is 11.1. The molecule has 0 unspecified atom stereocenters. The number of hydrogen-bond donors (Lipinski definition) is 1. The van der Waals surface area contributed by atoms with Gasteiger partial charge < -0.3 is 0 Å². The lowest BCUT2D eigenvalue weighted by Gasteiger charge is -2.02. The molecule has 0 aromatic rings. The standard InChI is InChI=1S/C4H11NO2S.ClH/c1-4(2)5-8(3,6)7;/h4-5H,1-3H3;1H. The number of hydrogen-bond acceptors (Lipinski definition) is 2. The van der Waals surface area contributed by atoms with E-state index in [-0.39, 0.29) is 18.4 Å². The molecule has 0 aliphatic rings. The fraction of sp³-hybridized carbons (Fsp3) is 1.00. The molecule has 0 saturated heterocycles. The highest BCUT2D eigenvalue weighted by Gasteiger charge is 2.00. The molecule has 3 nitrogen and oxygen atoms in total. The molecule has 0 aliphatic heterocycles. The highest BCUT2D eigenvalue weighted by atomic mass is 35.5. The van der Waals surface area contributed by atoms with Gasteiger partial charge in [-0.2, -0.15) is 0 Å². The predicted molar refractivity (Wildman–Crippen MR) is 40.4 cm³/mol. The third-order valence-corrected chi connectivity index (χ3v) is 1.35. The Morgan fingerprint density at radius 3 is 1.67 bits per heavy atom. The van der Waals surface area contributed by atoms with Crippen LogP contribution in [0.4, 0.5) is 0 Å². The van der Waals surface area contributed by atoms with Crippen molar-refractivity contribution in [2.24, 2.45) is 0 Å². The monoisotopic (exact) mass is 173 g/mol. The minimum atomic E-state index is -2.97. The highest BCUT2D eigenvalue weighted by Crippen LogP contribution is 1.79. The smallest absolute Gasteiger partial charge is 0.208 e. The third kappa shape index (κ3) is 11.7. The van der Waals surface area contributed by atoms with E-state index in [0.717, 1.165) is 6.26 Å². The van der Waals surface area contributed by atoms with Gasteiger partial charge >= 0.3 is 0 Å². The zero-order valence-corrected chi connectivity index (χ0v) is 7.34. The van der Waals surface area contributed by atoms with Gasteiger partial charge in [-0.1, -0.05) is 0 Å². The first-order chi connectivity index (χ1) is 3.42. The van der Waals surface area contributed by atoms with Crippen LogP contribution in [0.25, 0.3) is 0 Å². The maximum absolute atomic E-state index is 10.3. The van der Waals surface area contributed by atoms with E-state index in [2.05, 4.69) is 4.72 Å². The summed E-state index contributed by atoms with van der Waals surface area (Å²) in [6.45, 7) is 3.56. The van der Waals surface area contributed by atoms with Crippen molar-refractivity contribution in [2.45, 2.75) is 19.9 Å². The van der Waals surface area contributed by atoms with Gasteiger partial charge in [0.05, 0.1) is 6.26 Å². The predicted octanol–water partition coefficient (Wildman–Crippen LogP) is 0.366. The van der Waals surface area contributed by atoms with Gasteiger partial charge in [-0.15, -0.1) is 12.4 Å². The van der Waals surface area contributed by atoms with E-state index in [4.69, 9.17) is 0 Å². The van der Waals surface area contributed by atoms with Gasteiger partial charge in [-0.05, 0) is 13.8 Å². The first-order valence-electron chi connectivity index (χ1n) is 2.39. The van der Waals surface area contributed by atoms with Crippen molar-refractivity contribution in [3.8, 4) is 0 Å². The van der Waals surface area contributed by atoms with Crippen molar-refractivity contribution in [3.63, 3.8) is 0 Å². The van der Waals surface area contributed by atoms with Crippen LogP contribution < -0.4 is 4.72 Å². The van der Waals surface area contributed by atoms with Crippen LogP contribution >= 0.6 is 12.4 Å². The van der Waals surface area contributed by atoms with E-state index in [1.807, 2.05) is 0 Å². The average Bonchev–Trinajstić information content (AvgIpc) is 1.21. The Bertz CT molecular complexity index is 152. The number of nitrogens with one attached hydrogen (secondary N) is 1. The lowest BCUT2D eigenvalue weighted by Crippen LogP contribution is -2.28. The van der Waals surface area contributed by atoms with Gasteiger partial charge in [-0.3, -0.25) is 0 Å². The van der Waals surface area contributed by atoms with Crippen LogP contribution in [-0.4, -0.2) is 20.7 Å². The molecule has 0 spiro atoms. The fourth-order valence-electron chi connectivity index (χ4n) is 0.428. The number of rotatable bonds is 2. The van der Waals surface area contributed by atoms with Crippen molar-refractivity contribution in [3.05, 3.63) is 0 Å². The van der Waals surface area contributed by atoms with Crippen LogP contribution in [0.2, 0.25) is 0 Å². The molecule has 0 heterocycles. The first-order valence-corrected chi connectivity index (χ1v) is 4.28. The van der Waals surface area contributed by atoms with Gasteiger partial charge in [0, 0.05) is 6.04 Å². The van der Waals surface area contributed by atoms with Crippen LogP contribution in [0.5, 0.6) is 0 Å². The van der Waals surface area contributed by atoms with E-state index in [1.165, 1.54) is 0 Å². The Morgan fingerprint density at radius 1 is 1.33 bits per heavy atom. The van der Waals surface area contributed by atoms with Gasteiger partial charge in [0.15, 0.2) is 0 Å². The SMILES string of the molecule is CC(C)NS(C)(=O)=O.Cl. The molecular formula is C4H12ClNO2S. The lowest BCUT2D eigenvalue weighted by atomic mass is 10.4. The van der Waals surface area contributed by atoms with E-state index >= 15 is 0 Å². The molecular weight excluding hydrogens is 162 g/mol. The summed E-state index contributed by atoms with van der Waals surface area (Å²) in [5.74, 6) is 0. The van der Waals surface area contributed by atoms with Gasteiger partial charge in [0.2, 0.25) is 10.0 Å². The molecule has 58 valence electrons. The first kappa shape index (κ1) is 11.9. The summed E-state index contributed by atoms with van der Waals surface area (Å²) in [4.78, 5) is 0. The minimum Gasteiger partial charge on any atom is -0.213 e. The maximum atomic E-state index is 10.3.